The van der Waals surface area contributed by atoms with Crippen LogP contribution in [-0.2, 0) is 0 Å². The van der Waals surface area contributed by atoms with Gasteiger partial charge in [0, 0.05) is 29.3 Å². The zero-order valence-corrected chi connectivity index (χ0v) is 20.6. The van der Waals surface area contributed by atoms with Crippen LogP contribution in [0.4, 0.5) is 4.39 Å². The van der Waals surface area contributed by atoms with Gasteiger partial charge in [0.15, 0.2) is 5.71 Å². The first kappa shape index (κ1) is 22.1. The number of aliphatic imine (C=N–C) groups is 1. The number of halogens is 2. The van der Waals surface area contributed by atoms with E-state index < -0.39 is 0 Å². The predicted octanol–water partition coefficient (Wildman–Crippen LogP) is 4.72. The van der Waals surface area contributed by atoms with Gasteiger partial charge in [0.2, 0.25) is 0 Å². The molecule has 0 amide bonds. The number of benzene rings is 1. The lowest BCUT2D eigenvalue weighted by Gasteiger charge is -2.36. The fraction of sp³-hybridized carbons (Fsp3) is 0.308. The lowest BCUT2D eigenvalue weighted by atomic mass is 9.88. The first-order valence-electron chi connectivity index (χ1n) is 11.0. The summed E-state index contributed by atoms with van der Waals surface area (Å²) in [7, 11) is 4.18. The van der Waals surface area contributed by atoms with Gasteiger partial charge in [0.1, 0.15) is 38.3 Å². The maximum absolute atomic E-state index is 13.9. The van der Waals surface area contributed by atoms with Crippen molar-refractivity contribution >= 4 is 46.8 Å². The van der Waals surface area contributed by atoms with Gasteiger partial charge in [0.05, 0.1) is 17.2 Å². The van der Waals surface area contributed by atoms with Crippen LogP contribution in [0.15, 0.2) is 69.7 Å². The van der Waals surface area contributed by atoms with Gasteiger partial charge >= 0.3 is 11.9 Å². The van der Waals surface area contributed by atoms with Crippen LogP contribution in [0.3, 0.4) is 0 Å². The zero-order chi connectivity index (χ0) is 23.3. The Balaban J connectivity index is 1.74. The Labute approximate surface area is 203 Å². The molecule has 5 rings (SSSR count). The van der Waals surface area contributed by atoms with Crippen LogP contribution >= 0.6 is 23.4 Å². The second-order valence-electron chi connectivity index (χ2n) is 8.89. The molecule has 0 bridgehead atoms. The van der Waals surface area contributed by atoms with Crippen molar-refractivity contribution in [2.24, 2.45) is 4.99 Å². The maximum Gasteiger partial charge on any atom is 0.301 e. The van der Waals surface area contributed by atoms with Crippen LogP contribution < -0.4 is 4.67 Å². The Kier molecular flexibility index (Phi) is 5.77. The Bertz CT molecular complexity index is 1290. The second-order valence-corrected chi connectivity index (χ2v) is 10.3. The molecular formula is C26H26ClFN4S+2. The summed E-state index contributed by atoms with van der Waals surface area (Å²) in [6.45, 7) is 7.13. The topological polar surface area (TPSA) is 32.7 Å². The van der Waals surface area contributed by atoms with E-state index in [1.54, 1.807) is 17.8 Å². The van der Waals surface area contributed by atoms with Crippen LogP contribution in [0.5, 0.6) is 0 Å². The summed E-state index contributed by atoms with van der Waals surface area (Å²) in [5.74, 6) is 0.641. The molecule has 1 saturated heterocycles. The summed E-state index contributed by atoms with van der Waals surface area (Å²) in [6, 6.07) is 4.25. The first-order chi connectivity index (χ1) is 15.8. The zero-order valence-electron chi connectivity index (χ0n) is 19.0. The van der Waals surface area contributed by atoms with E-state index in [0.717, 1.165) is 53.2 Å². The summed E-state index contributed by atoms with van der Waals surface area (Å²) < 4.78 is 20.6. The lowest BCUT2D eigenvalue weighted by Crippen LogP contribution is -2.41. The third-order valence-corrected chi connectivity index (χ3v) is 7.92. The van der Waals surface area contributed by atoms with E-state index >= 15 is 0 Å². The quantitative estimate of drug-likeness (QED) is 0.356. The fourth-order valence-corrected chi connectivity index (χ4v) is 5.92. The van der Waals surface area contributed by atoms with E-state index in [4.69, 9.17) is 16.6 Å². The van der Waals surface area contributed by atoms with Crippen LogP contribution in [0.2, 0.25) is 5.02 Å². The summed E-state index contributed by atoms with van der Waals surface area (Å²) in [5.41, 5.74) is 7.56. The number of hydrogen-bond donors (Lipinski definition) is 0. The monoisotopic (exact) mass is 480 g/mol. The van der Waals surface area contributed by atoms with Crippen LogP contribution in [0.1, 0.15) is 31.4 Å². The third-order valence-electron chi connectivity index (χ3n) is 6.43. The molecule has 1 fully saturated rings. The summed E-state index contributed by atoms with van der Waals surface area (Å²) in [5, 5.41) is 2.59. The molecule has 1 aromatic rings. The highest BCUT2D eigenvalue weighted by Gasteiger charge is 2.44. The van der Waals surface area contributed by atoms with Crippen molar-refractivity contribution in [3.8, 4) is 0 Å². The number of fused-ring (bicyclic) bond motifs is 1. The van der Waals surface area contributed by atoms with Crippen LogP contribution in [-0.4, -0.2) is 58.8 Å². The molecule has 0 aromatic heterocycles. The summed E-state index contributed by atoms with van der Waals surface area (Å²) >= 11 is 8.33. The average molecular weight is 481 g/mol. The van der Waals surface area contributed by atoms with Gasteiger partial charge in [0.25, 0.3) is 0 Å². The fourth-order valence-electron chi connectivity index (χ4n) is 4.69. The molecule has 0 radical (unpaired) electrons. The number of rotatable bonds is 3. The average Bonchev–Trinajstić information content (AvgIpc) is 3.40. The lowest BCUT2D eigenvalue weighted by molar-refractivity contribution is -0.466. The first-order valence-corrected chi connectivity index (χ1v) is 12.3. The standard InChI is InChI=1S/C26H26ClFN4S/c1-15-6-5-9-33-25(15)26-30-24(20-8-7-18(28)11-21(20)27)23(17-10-16(2)29-13-17)22-12-19(31(3)4)14-32(22)26/h5,7-11,13,24-25H,1,6,12,14H2,2-4H3/q+2. The minimum Gasteiger partial charge on any atom is -0.322 e. The summed E-state index contributed by atoms with van der Waals surface area (Å²) in [6.07, 6.45) is 7.81. The van der Waals surface area contributed by atoms with Crippen molar-refractivity contribution in [1.29, 1.82) is 0 Å². The smallest absolute Gasteiger partial charge is 0.301 e. The van der Waals surface area contributed by atoms with Gasteiger partial charge in [-0.25, -0.2) is 8.97 Å². The molecule has 33 heavy (non-hydrogen) atoms. The Morgan fingerprint density at radius 1 is 1.33 bits per heavy atom. The SMILES string of the molecule is C=C1CC=CSC1C1=NC(c2ccc(F)cc2Cl)C(C2=CC(C)=[N+]=C2)=C2CC(=[N+](C)C)CN12. The second kappa shape index (κ2) is 8.60. The molecule has 2 atom stereocenters. The van der Waals surface area contributed by atoms with E-state index in [-0.39, 0.29) is 17.1 Å². The van der Waals surface area contributed by atoms with Crippen molar-refractivity contribution in [2.45, 2.75) is 31.1 Å². The highest BCUT2D eigenvalue weighted by molar-refractivity contribution is 8.03. The Morgan fingerprint density at radius 3 is 2.82 bits per heavy atom. The molecule has 0 aliphatic carbocycles. The Hall–Kier alpha value is -2.66. The van der Waals surface area contributed by atoms with Gasteiger partial charge in [-0.15, -0.1) is 11.8 Å². The highest BCUT2D eigenvalue weighted by atomic mass is 35.5. The Morgan fingerprint density at radius 2 is 2.15 bits per heavy atom. The maximum atomic E-state index is 13.9. The van der Waals surface area contributed by atoms with E-state index in [1.807, 2.05) is 13.1 Å². The van der Waals surface area contributed by atoms with E-state index in [9.17, 15) is 4.39 Å². The van der Waals surface area contributed by atoms with Crippen LogP contribution in [0, 0.1) is 5.82 Å². The molecule has 0 spiro atoms. The number of amidine groups is 1. The van der Waals surface area contributed by atoms with E-state index in [2.05, 4.69) is 52.4 Å². The molecule has 7 heteroatoms. The highest BCUT2D eigenvalue weighted by Crippen LogP contribution is 2.45. The van der Waals surface area contributed by atoms with Gasteiger partial charge in [-0.2, -0.15) is 0 Å². The van der Waals surface area contributed by atoms with Crippen molar-refractivity contribution < 1.29 is 8.97 Å². The number of thioether (sulfide) groups is 1. The minimum absolute atomic E-state index is 0.0642. The summed E-state index contributed by atoms with van der Waals surface area (Å²) in [4.78, 5) is 7.67. The van der Waals surface area contributed by atoms with Crippen molar-refractivity contribution in [3.05, 3.63) is 81.2 Å². The minimum atomic E-state index is -0.351. The molecule has 4 nitrogen and oxygen atoms in total. The molecule has 4 aliphatic heterocycles. The third kappa shape index (κ3) is 3.97. The number of nitrogens with zero attached hydrogens (tertiary/aromatic N) is 4. The van der Waals surface area contributed by atoms with Gasteiger partial charge in [-0.1, -0.05) is 40.6 Å². The van der Waals surface area contributed by atoms with E-state index in [0.29, 0.717) is 5.02 Å². The van der Waals surface area contributed by atoms with Crippen molar-refractivity contribution in [2.75, 3.05) is 20.6 Å². The number of hydrogen-bond acceptors (Lipinski definition) is 3. The molecule has 0 N–H and O–H groups in total. The molecule has 2 unspecified atom stereocenters. The van der Waals surface area contributed by atoms with Gasteiger partial charge in [-0.3, -0.25) is 4.99 Å². The largest absolute Gasteiger partial charge is 0.322 e. The molecular weight excluding hydrogens is 455 g/mol. The number of allylic oxidation sites excluding steroid dienone is 3. The molecule has 1 aromatic carbocycles. The van der Waals surface area contributed by atoms with Crippen molar-refractivity contribution in [3.63, 3.8) is 0 Å². The van der Waals surface area contributed by atoms with Crippen molar-refractivity contribution in [1.82, 2.24) is 9.57 Å². The molecule has 168 valence electrons. The molecule has 4 heterocycles. The van der Waals surface area contributed by atoms with Crippen LogP contribution in [0.25, 0.3) is 0 Å². The van der Waals surface area contributed by atoms with Gasteiger partial charge < -0.3 is 4.90 Å². The molecule has 4 aliphatic rings. The molecule has 0 saturated carbocycles. The predicted molar refractivity (Wildman–Crippen MR) is 138 cm³/mol. The normalized spacial score (nSPS) is 24.3. The van der Waals surface area contributed by atoms with E-state index in [1.165, 1.54) is 23.5 Å². The van der Waals surface area contributed by atoms with Gasteiger partial charge in [-0.05, 0) is 29.5 Å².